The summed E-state index contributed by atoms with van der Waals surface area (Å²) in [4.78, 5) is 23.0. The summed E-state index contributed by atoms with van der Waals surface area (Å²) < 4.78 is 6.83. The molecule has 0 fully saturated rings. The Balaban J connectivity index is 1.73. The zero-order valence-electron chi connectivity index (χ0n) is 16.7. The molecule has 8 nitrogen and oxygen atoms in total. The largest absolute Gasteiger partial charge is 0.490 e. The molecule has 0 saturated carbocycles. The number of aryl methyl sites for hydroxylation is 2. The summed E-state index contributed by atoms with van der Waals surface area (Å²) in [7, 11) is 3.27. The van der Waals surface area contributed by atoms with E-state index < -0.39 is 10.8 Å². The Hall–Kier alpha value is -3.68. The number of hydrogen-bond acceptors (Lipinski definition) is 5. The average Bonchev–Trinajstić information content (AvgIpc) is 2.94. The van der Waals surface area contributed by atoms with Gasteiger partial charge >= 0.3 is 5.69 Å². The summed E-state index contributed by atoms with van der Waals surface area (Å²) in [5, 5.41) is 18.3. The molecule has 0 aliphatic rings. The van der Waals surface area contributed by atoms with E-state index in [1.165, 1.54) is 30.9 Å². The van der Waals surface area contributed by atoms with Gasteiger partial charge in [-0.15, -0.1) is 0 Å². The van der Waals surface area contributed by atoms with Gasteiger partial charge in [-0.05, 0) is 43.7 Å². The molecule has 8 heteroatoms. The zero-order valence-corrected chi connectivity index (χ0v) is 16.7. The number of nitrogens with one attached hydrogen (secondary N) is 1. The number of carbonyl (C=O) groups excluding carboxylic acids is 1. The first-order valence-corrected chi connectivity index (χ1v) is 9.02. The summed E-state index contributed by atoms with van der Waals surface area (Å²) >= 11 is 0. The van der Waals surface area contributed by atoms with Crippen LogP contribution in [0.2, 0.25) is 0 Å². The molecule has 0 radical (unpaired) electrons. The van der Waals surface area contributed by atoms with Crippen LogP contribution in [0.3, 0.4) is 0 Å². The minimum atomic E-state index is -0.577. The Kier molecular flexibility index (Phi) is 5.63. The van der Waals surface area contributed by atoms with Crippen molar-refractivity contribution >= 4 is 17.3 Å². The van der Waals surface area contributed by atoms with Gasteiger partial charge in [0.2, 0.25) is 0 Å². The van der Waals surface area contributed by atoms with E-state index in [0.29, 0.717) is 5.69 Å². The predicted octanol–water partition coefficient (Wildman–Crippen LogP) is 3.80. The van der Waals surface area contributed by atoms with E-state index in [1.54, 1.807) is 0 Å². The van der Waals surface area contributed by atoms with Crippen LogP contribution in [-0.4, -0.2) is 27.7 Å². The average molecular weight is 394 g/mol. The van der Waals surface area contributed by atoms with Gasteiger partial charge in [-0.1, -0.05) is 12.1 Å². The molecule has 1 N–H and O–H groups in total. The molecule has 0 bridgehead atoms. The molecule has 3 aromatic rings. The second-order valence-electron chi connectivity index (χ2n) is 6.74. The number of benzene rings is 2. The highest BCUT2D eigenvalue weighted by molar-refractivity contribution is 6.04. The maximum atomic E-state index is 12.5. The maximum Gasteiger partial charge on any atom is 0.311 e. The van der Waals surface area contributed by atoms with Crippen molar-refractivity contribution in [3.8, 4) is 5.75 Å². The Labute approximate surface area is 168 Å². The van der Waals surface area contributed by atoms with Crippen LogP contribution in [0.15, 0.2) is 42.5 Å². The molecule has 0 saturated heterocycles. The van der Waals surface area contributed by atoms with Crippen molar-refractivity contribution in [1.82, 2.24) is 9.78 Å². The third-order valence-corrected chi connectivity index (χ3v) is 4.89. The molecular weight excluding hydrogens is 372 g/mol. The molecule has 0 atom stereocenters. The van der Waals surface area contributed by atoms with Crippen LogP contribution in [0.4, 0.5) is 11.4 Å². The SMILES string of the molecule is COc1ccc(C(=O)Nc2ccc(Cc3c(C)nn(C)c3C)cc2)cc1[N+](=O)[O-]. The van der Waals surface area contributed by atoms with Crippen molar-refractivity contribution < 1.29 is 14.5 Å². The highest BCUT2D eigenvalue weighted by atomic mass is 16.6. The summed E-state index contributed by atoms with van der Waals surface area (Å²) in [6.45, 7) is 4.03. The van der Waals surface area contributed by atoms with Gasteiger partial charge in [0.05, 0.1) is 17.7 Å². The summed E-state index contributed by atoms with van der Waals surface area (Å²) in [6.07, 6.45) is 0.754. The van der Waals surface area contributed by atoms with Crippen LogP contribution in [0.5, 0.6) is 5.75 Å². The fraction of sp³-hybridized carbons (Fsp3) is 0.238. The lowest BCUT2D eigenvalue weighted by Crippen LogP contribution is -2.12. The number of rotatable bonds is 6. The molecule has 3 rings (SSSR count). The summed E-state index contributed by atoms with van der Waals surface area (Å²) in [6, 6.07) is 11.6. The number of methoxy groups -OCH3 is 1. The topological polar surface area (TPSA) is 99.3 Å². The van der Waals surface area contributed by atoms with Crippen LogP contribution >= 0.6 is 0 Å². The third-order valence-electron chi connectivity index (χ3n) is 4.89. The van der Waals surface area contributed by atoms with Crippen LogP contribution in [0.25, 0.3) is 0 Å². The van der Waals surface area contributed by atoms with Gasteiger partial charge in [0, 0.05) is 42.0 Å². The minimum Gasteiger partial charge on any atom is -0.490 e. The quantitative estimate of drug-likeness (QED) is 0.506. The van der Waals surface area contributed by atoms with E-state index in [1.807, 2.05) is 49.8 Å². The predicted molar refractivity (Wildman–Crippen MR) is 110 cm³/mol. The lowest BCUT2D eigenvalue weighted by Gasteiger charge is -2.08. The van der Waals surface area contributed by atoms with Crippen molar-refractivity contribution in [3.63, 3.8) is 0 Å². The van der Waals surface area contributed by atoms with Crippen LogP contribution in [0, 0.1) is 24.0 Å². The smallest absolute Gasteiger partial charge is 0.311 e. The van der Waals surface area contributed by atoms with Crippen molar-refractivity contribution in [1.29, 1.82) is 0 Å². The highest BCUT2D eigenvalue weighted by Crippen LogP contribution is 2.28. The van der Waals surface area contributed by atoms with Gasteiger partial charge in [-0.3, -0.25) is 19.6 Å². The van der Waals surface area contributed by atoms with E-state index in [0.717, 1.165) is 23.4 Å². The molecule has 0 spiro atoms. The van der Waals surface area contributed by atoms with E-state index in [-0.39, 0.29) is 17.0 Å². The van der Waals surface area contributed by atoms with Crippen molar-refractivity contribution in [3.05, 3.63) is 80.7 Å². The number of amides is 1. The van der Waals surface area contributed by atoms with Crippen molar-refractivity contribution in [2.75, 3.05) is 12.4 Å². The van der Waals surface area contributed by atoms with Gasteiger partial charge in [-0.2, -0.15) is 5.10 Å². The first-order chi connectivity index (χ1) is 13.8. The number of nitro groups is 1. The molecule has 0 aliphatic heterocycles. The van der Waals surface area contributed by atoms with Crippen LogP contribution < -0.4 is 10.1 Å². The second-order valence-corrected chi connectivity index (χ2v) is 6.74. The fourth-order valence-electron chi connectivity index (χ4n) is 3.16. The first kappa shape index (κ1) is 20.1. The first-order valence-electron chi connectivity index (χ1n) is 9.02. The molecule has 2 aromatic carbocycles. The maximum absolute atomic E-state index is 12.5. The molecule has 1 heterocycles. The Morgan fingerprint density at radius 1 is 1.21 bits per heavy atom. The standard InChI is InChI=1S/C21H22N4O4/c1-13-18(14(2)24(3)23-13)11-15-5-8-17(9-6-15)22-21(26)16-7-10-20(29-4)19(12-16)25(27)28/h5-10,12H,11H2,1-4H3,(H,22,26). The summed E-state index contributed by atoms with van der Waals surface area (Å²) in [5.41, 5.74) is 4.96. The lowest BCUT2D eigenvalue weighted by atomic mass is 10.0. The normalized spacial score (nSPS) is 10.6. The second kappa shape index (κ2) is 8.14. The van der Waals surface area contributed by atoms with Crippen LogP contribution in [-0.2, 0) is 13.5 Å². The van der Waals surface area contributed by atoms with Gasteiger partial charge in [0.15, 0.2) is 5.75 Å². The zero-order chi connectivity index (χ0) is 21.1. The molecule has 1 amide bonds. The number of carbonyl (C=O) groups is 1. The number of hydrogen-bond donors (Lipinski definition) is 1. The van der Waals surface area contributed by atoms with Gasteiger partial charge < -0.3 is 10.1 Å². The Morgan fingerprint density at radius 2 is 1.90 bits per heavy atom. The molecule has 29 heavy (non-hydrogen) atoms. The van der Waals surface area contributed by atoms with E-state index in [4.69, 9.17) is 4.74 Å². The van der Waals surface area contributed by atoms with Gasteiger partial charge in [-0.25, -0.2) is 0 Å². The van der Waals surface area contributed by atoms with E-state index in [2.05, 4.69) is 10.4 Å². The molecule has 1 aromatic heterocycles. The van der Waals surface area contributed by atoms with Gasteiger partial charge in [0.25, 0.3) is 5.91 Å². The lowest BCUT2D eigenvalue weighted by molar-refractivity contribution is -0.385. The van der Waals surface area contributed by atoms with E-state index in [9.17, 15) is 14.9 Å². The Bertz CT molecular complexity index is 1070. The molecule has 0 unspecified atom stereocenters. The monoisotopic (exact) mass is 394 g/mol. The van der Waals surface area contributed by atoms with Crippen molar-refractivity contribution in [2.24, 2.45) is 7.05 Å². The fourth-order valence-corrected chi connectivity index (χ4v) is 3.16. The third kappa shape index (κ3) is 4.26. The number of aromatic nitrogens is 2. The van der Waals surface area contributed by atoms with Crippen molar-refractivity contribution in [2.45, 2.75) is 20.3 Å². The van der Waals surface area contributed by atoms with Crippen LogP contribution in [0.1, 0.15) is 32.9 Å². The number of nitrogens with zero attached hydrogens (tertiary/aromatic N) is 3. The minimum absolute atomic E-state index is 0.108. The number of ether oxygens (including phenoxy) is 1. The molecule has 150 valence electrons. The Morgan fingerprint density at radius 3 is 2.45 bits per heavy atom. The molecular formula is C21H22N4O4. The number of nitro benzene ring substituents is 1. The number of anilines is 1. The van der Waals surface area contributed by atoms with E-state index >= 15 is 0 Å². The summed E-state index contributed by atoms with van der Waals surface area (Å²) in [5.74, 6) is -0.320. The molecule has 0 aliphatic carbocycles. The highest BCUT2D eigenvalue weighted by Gasteiger charge is 2.18. The van der Waals surface area contributed by atoms with Gasteiger partial charge in [0.1, 0.15) is 0 Å².